The summed E-state index contributed by atoms with van der Waals surface area (Å²) in [5.41, 5.74) is 0.697. The van der Waals surface area contributed by atoms with Gasteiger partial charge in [0.15, 0.2) is 0 Å². The second-order valence-corrected chi connectivity index (χ2v) is 3.06. The first kappa shape index (κ1) is 10.2. The van der Waals surface area contributed by atoms with Crippen LogP contribution in [0.1, 0.15) is 5.56 Å². The summed E-state index contributed by atoms with van der Waals surface area (Å²) in [5, 5.41) is 8.71. The molecular formula is C10H14FNO. The second kappa shape index (κ2) is 4.94. The lowest BCUT2D eigenvalue weighted by Crippen LogP contribution is -2.22. The molecule has 0 saturated carbocycles. The fourth-order valence-corrected chi connectivity index (χ4v) is 1.08. The average molecular weight is 183 g/mol. The number of halogens is 1. The maximum atomic E-state index is 13.1. The number of hydrogen-bond donors (Lipinski definition) is 1. The van der Waals surface area contributed by atoms with Crippen molar-refractivity contribution in [3.63, 3.8) is 0 Å². The number of nitrogens with zero attached hydrogens (tertiary/aromatic N) is 1. The topological polar surface area (TPSA) is 23.5 Å². The molecule has 0 aliphatic carbocycles. The molecule has 0 heterocycles. The summed E-state index contributed by atoms with van der Waals surface area (Å²) in [7, 11) is 1.79. The van der Waals surface area contributed by atoms with E-state index in [0.717, 1.165) is 0 Å². The van der Waals surface area contributed by atoms with Gasteiger partial charge in [-0.15, -0.1) is 0 Å². The minimum atomic E-state index is -0.172. The van der Waals surface area contributed by atoms with Gasteiger partial charge in [0.1, 0.15) is 5.82 Å². The van der Waals surface area contributed by atoms with Crippen LogP contribution in [0, 0.1) is 5.82 Å². The molecule has 0 fully saturated rings. The SMILES string of the molecule is CN(CO)CCc1ccccc1F. The van der Waals surface area contributed by atoms with Crippen molar-refractivity contribution in [2.45, 2.75) is 6.42 Å². The first-order chi connectivity index (χ1) is 6.24. The zero-order chi connectivity index (χ0) is 9.68. The summed E-state index contributed by atoms with van der Waals surface area (Å²) >= 11 is 0. The van der Waals surface area contributed by atoms with E-state index in [1.807, 2.05) is 6.07 Å². The first-order valence-electron chi connectivity index (χ1n) is 4.27. The summed E-state index contributed by atoms with van der Waals surface area (Å²) in [6.45, 7) is 0.673. The highest BCUT2D eigenvalue weighted by molar-refractivity contribution is 5.17. The van der Waals surface area contributed by atoms with Crippen molar-refractivity contribution in [3.05, 3.63) is 35.6 Å². The van der Waals surface area contributed by atoms with E-state index < -0.39 is 0 Å². The van der Waals surface area contributed by atoms with Gasteiger partial charge in [-0.3, -0.25) is 4.90 Å². The molecule has 72 valence electrons. The van der Waals surface area contributed by atoms with Crippen LogP contribution in [0.25, 0.3) is 0 Å². The van der Waals surface area contributed by atoms with E-state index in [1.165, 1.54) is 6.07 Å². The maximum absolute atomic E-state index is 13.1. The Hall–Kier alpha value is -0.930. The quantitative estimate of drug-likeness (QED) is 0.710. The highest BCUT2D eigenvalue weighted by Gasteiger charge is 2.01. The Morgan fingerprint density at radius 1 is 1.38 bits per heavy atom. The Morgan fingerprint density at radius 2 is 2.08 bits per heavy atom. The third-order valence-electron chi connectivity index (χ3n) is 1.96. The Labute approximate surface area is 77.6 Å². The molecular weight excluding hydrogens is 169 g/mol. The van der Waals surface area contributed by atoms with Crippen molar-refractivity contribution >= 4 is 0 Å². The van der Waals surface area contributed by atoms with Gasteiger partial charge in [0.2, 0.25) is 0 Å². The van der Waals surface area contributed by atoms with Crippen molar-refractivity contribution < 1.29 is 9.50 Å². The highest BCUT2D eigenvalue weighted by Crippen LogP contribution is 2.06. The molecule has 2 nitrogen and oxygen atoms in total. The van der Waals surface area contributed by atoms with Gasteiger partial charge in [0.05, 0.1) is 6.73 Å². The average Bonchev–Trinajstić information content (AvgIpc) is 2.16. The zero-order valence-corrected chi connectivity index (χ0v) is 7.70. The van der Waals surface area contributed by atoms with E-state index in [2.05, 4.69) is 0 Å². The fraction of sp³-hybridized carbons (Fsp3) is 0.400. The molecule has 0 unspecified atom stereocenters. The van der Waals surface area contributed by atoms with Gasteiger partial charge in [0.25, 0.3) is 0 Å². The molecule has 0 radical (unpaired) electrons. The first-order valence-corrected chi connectivity index (χ1v) is 4.27. The standard InChI is InChI=1S/C10H14FNO/c1-12(8-13)7-6-9-4-2-3-5-10(9)11/h2-5,13H,6-8H2,1H3. The molecule has 0 aliphatic rings. The normalized spacial score (nSPS) is 10.8. The molecule has 0 saturated heterocycles. The number of rotatable bonds is 4. The van der Waals surface area contributed by atoms with E-state index in [4.69, 9.17) is 5.11 Å². The largest absolute Gasteiger partial charge is 0.381 e. The number of aliphatic hydroxyl groups is 1. The van der Waals surface area contributed by atoms with Crippen LogP contribution in [0.5, 0.6) is 0 Å². The van der Waals surface area contributed by atoms with E-state index in [9.17, 15) is 4.39 Å². The highest BCUT2D eigenvalue weighted by atomic mass is 19.1. The molecule has 0 amide bonds. The van der Waals surface area contributed by atoms with Gasteiger partial charge < -0.3 is 5.11 Å². The molecule has 1 aromatic carbocycles. The van der Waals surface area contributed by atoms with Crippen LogP contribution in [0.15, 0.2) is 24.3 Å². The monoisotopic (exact) mass is 183 g/mol. The molecule has 0 aromatic heterocycles. The molecule has 1 aromatic rings. The zero-order valence-electron chi connectivity index (χ0n) is 7.70. The molecule has 0 atom stereocenters. The van der Waals surface area contributed by atoms with Crippen LogP contribution >= 0.6 is 0 Å². The van der Waals surface area contributed by atoms with Crippen molar-refractivity contribution in [3.8, 4) is 0 Å². The number of likely N-dealkylation sites (N-methyl/N-ethyl adjacent to an activating group) is 1. The molecule has 13 heavy (non-hydrogen) atoms. The third kappa shape index (κ3) is 3.13. The summed E-state index contributed by atoms with van der Waals surface area (Å²) in [6, 6.07) is 6.71. The van der Waals surface area contributed by atoms with Crippen LogP contribution in [-0.2, 0) is 6.42 Å². The number of aliphatic hydroxyl groups excluding tert-OH is 1. The number of hydrogen-bond acceptors (Lipinski definition) is 2. The van der Waals surface area contributed by atoms with Crippen LogP contribution < -0.4 is 0 Å². The summed E-state index contributed by atoms with van der Waals surface area (Å²) < 4.78 is 13.1. The number of benzene rings is 1. The van der Waals surface area contributed by atoms with Crippen LogP contribution in [0.3, 0.4) is 0 Å². The summed E-state index contributed by atoms with van der Waals surface area (Å²) in [4.78, 5) is 1.73. The summed E-state index contributed by atoms with van der Waals surface area (Å²) in [5.74, 6) is -0.172. The van der Waals surface area contributed by atoms with Crippen LogP contribution in [-0.4, -0.2) is 30.3 Å². The van der Waals surface area contributed by atoms with E-state index in [1.54, 1.807) is 24.1 Å². The molecule has 0 bridgehead atoms. The van der Waals surface area contributed by atoms with Gasteiger partial charge in [-0.2, -0.15) is 0 Å². The lowest BCUT2D eigenvalue weighted by atomic mass is 10.1. The third-order valence-corrected chi connectivity index (χ3v) is 1.96. The van der Waals surface area contributed by atoms with E-state index >= 15 is 0 Å². The predicted molar refractivity (Wildman–Crippen MR) is 49.8 cm³/mol. The van der Waals surface area contributed by atoms with Gasteiger partial charge in [-0.1, -0.05) is 18.2 Å². The second-order valence-electron chi connectivity index (χ2n) is 3.06. The van der Waals surface area contributed by atoms with E-state index in [-0.39, 0.29) is 12.5 Å². The van der Waals surface area contributed by atoms with Crippen molar-refractivity contribution in [1.29, 1.82) is 0 Å². The molecule has 3 heteroatoms. The minimum Gasteiger partial charge on any atom is -0.381 e. The van der Waals surface area contributed by atoms with Gasteiger partial charge in [-0.25, -0.2) is 4.39 Å². The smallest absolute Gasteiger partial charge is 0.126 e. The van der Waals surface area contributed by atoms with Crippen molar-refractivity contribution in [1.82, 2.24) is 4.90 Å². The Bertz CT molecular complexity index is 265. The predicted octanol–water partition coefficient (Wildman–Crippen LogP) is 1.25. The van der Waals surface area contributed by atoms with Crippen molar-refractivity contribution in [2.24, 2.45) is 0 Å². The fourth-order valence-electron chi connectivity index (χ4n) is 1.08. The maximum Gasteiger partial charge on any atom is 0.126 e. The summed E-state index contributed by atoms with van der Waals surface area (Å²) in [6.07, 6.45) is 0.629. The van der Waals surface area contributed by atoms with Gasteiger partial charge >= 0.3 is 0 Å². The molecule has 1 rings (SSSR count). The van der Waals surface area contributed by atoms with Gasteiger partial charge in [-0.05, 0) is 25.1 Å². The van der Waals surface area contributed by atoms with Gasteiger partial charge in [0, 0.05) is 6.54 Å². The van der Waals surface area contributed by atoms with Crippen LogP contribution in [0.4, 0.5) is 4.39 Å². The Balaban J connectivity index is 2.50. The molecule has 0 spiro atoms. The Kier molecular flexibility index (Phi) is 3.86. The molecule has 1 N–H and O–H groups in total. The molecule has 0 aliphatic heterocycles. The Morgan fingerprint density at radius 3 is 2.69 bits per heavy atom. The lowest BCUT2D eigenvalue weighted by Gasteiger charge is -2.12. The van der Waals surface area contributed by atoms with E-state index in [0.29, 0.717) is 18.5 Å². The minimum absolute atomic E-state index is 0.00839. The van der Waals surface area contributed by atoms with Crippen molar-refractivity contribution in [2.75, 3.05) is 20.3 Å². The van der Waals surface area contributed by atoms with Crippen LogP contribution in [0.2, 0.25) is 0 Å². The lowest BCUT2D eigenvalue weighted by molar-refractivity contribution is 0.134.